The lowest BCUT2D eigenvalue weighted by Crippen LogP contribution is -2.49. The van der Waals surface area contributed by atoms with E-state index in [0.717, 1.165) is 25.9 Å². The van der Waals surface area contributed by atoms with Crippen LogP contribution >= 0.6 is 0 Å². The highest BCUT2D eigenvalue weighted by Gasteiger charge is 2.37. The van der Waals surface area contributed by atoms with Gasteiger partial charge in [-0.3, -0.25) is 4.90 Å². The molecule has 0 saturated carbocycles. The second-order valence-electron chi connectivity index (χ2n) is 8.86. The van der Waals surface area contributed by atoms with Gasteiger partial charge in [0.05, 0.1) is 0 Å². The van der Waals surface area contributed by atoms with E-state index in [9.17, 15) is 8.78 Å². The zero-order chi connectivity index (χ0) is 18.2. The number of alkyl halides is 2. The predicted molar refractivity (Wildman–Crippen MR) is 101 cm³/mol. The molecule has 0 N–H and O–H groups in total. The highest BCUT2D eigenvalue weighted by molar-refractivity contribution is 5.55. The Kier molecular flexibility index (Phi) is 5.11. The molecule has 0 amide bonds. The summed E-state index contributed by atoms with van der Waals surface area (Å²) in [4.78, 5) is 4.77. The quantitative estimate of drug-likeness (QED) is 0.741. The molecule has 3 rings (SSSR count). The first-order valence-corrected chi connectivity index (χ1v) is 9.64. The van der Waals surface area contributed by atoms with Gasteiger partial charge in [-0.15, -0.1) is 0 Å². The van der Waals surface area contributed by atoms with Gasteiger partial charge in [-0.05, 0) is 42.4 Å². The van der Waals surface area contributed by atoms with Crippen LogP contribution in [0.5, 0.6) is 0 Å². The topological polar surface area (TPSA) is 6.48 Å². The molecular weight excluding hydrogens is 318 g/mol. The SMILES string of the molecule is Cc1cc(C(C)(C)C)ccc1N1CCC(N2CCC(F)(F)CC2)CC1. The number of rotatable bonds is 2. The van der Waals surface area contributed by atoms with Gasteiger partial charge in [0.2, 0.25) is 0 Å². The number of benzene rings is 1. The molecule has 2 aliphatic rings. The second kappa shape index (κ2) is 6.86. The molecule has 0 radical (unpaired) electrons. The highest BCUT2D eigenvalue weighted by Crippen LogP contribution is 2.33. The molecule has 0 unspecified atom stereocenters. The fourth-order valence-corrected chi connectivity index (χ4v) is 4.17. The van der Waals surface area contributed by atoms with E-state index in [2.05, 4.69) is 55.7 Å². The maximum Gasteiger partial charge on any atom is 0.250 e. The zero-order valence-electron chi connectivity index (χ0n) is 16.1. The third-order valence-corrected chi connectivity index (χ3v) is 5.91. The lowest BCUT2D eigenvalue weighted by Gasteiger charge is -2.42. The van der Waals surface area contributed by atoms with Gasteiger partial charge in [-0.2, -0.15) is 0 Å². The fourth-order valence-electron chi connectivity index (χ4n) is 4.17. The Labute approximate surface area is 151 Å². The highest BCUT2D eigenvalue weighted by atomic mass is 19.3. The van der Waals surface area contributed by atoms with Crippen molar-refractivity contribution in [2.24, 2.45) is 0 Å². The summed E-state index contributed by atoms with van der Waals surface area (Å²) in [6.45, 7) is 12.1. The normalized spacial score (nSPS) is 23.0. The Morgan fingerprint density at radius 1 is 1.00 bits per heavy atom. The standard InChI is InChI=1S/C21H32F2N2/c1-16-15-17(20(2,3)4)5-6-19(16)25-11-7-18(8-12-25)24-13-9-21(22,23)10-14-24/h5-6,15,18H,7-14H2,1-4H3. The molecule has 4 heteroatoms. The van der Waals surface area contributed by atoms with Crippen LogP contribution in [-0.4, -0.2) is 43.0 Å². The van der Waals surface area contributed by atoms with E-state index < -0.39 is 5.92 Å². The molecule has 0 aromatic heterocycles. The van der Waals surface area contributed by atoms with Crippen molar-refractivity contribution in [1.29, 1.82) is 0 Å². The number of hydrogen-bond donors (Lipinski definition) is 0. The van der Waals surface area contributed by atoms with Gasteiger partial charge in [-0.1, -0.05) is 32.9 Å². The van der Waals surface area contributed by atoms with Crippen molar-refractivity contribution in [3.8, 4) is 0 Å². The van der Waals surface area contributed by atoms with E-state index in [1.807, 2.05) is 0 Å². The third kappa shape index (κ3) is 4.33. The number of likely N-dealkylation sites (tertiary alicyclic amines) is 1. The summed E-state index contributed by atoms with van der Waals surface area (Å²) in [5.41, 5.74) is 4.21. The molecule has 1 aromatic rings. The van der Waals surface area contributed by atoms with Crippen LogP contribution < -0.4 is 4.90 Å². The van der Waals surface area contributed by atoms with Gasteiger partial charge in [0.1, 0.15) is 0 Å². The van der Waals surface area contributed by atoms with Crippen molar-refractivity contribution in [2.75, 3.05) is 31.1 Å². The molecule has 1 aromatic carbocycles. The number of aryl methyl sites for hydroxylation is 1. The van der Waals surface area contributed by atoms with E-state index in [4.69, 9.17) is 0 Å². The summed E-state index contributed by atoms with van der Waals surface area (Å²) >= 11 is 0. The van der Waals surface area contributed by atoms with Crippen molar-refractivity contribution in [3.05, 3.63) is 29.3 Å². The van der Waals surface area contributed by atoms with Gasteiger partial charge in [-0.25, -0.2) is 8.78 Å². The summed E-state index contributed by atoms with van der Waals surface area (Å²) in [6.07, 6.45) is 2.21. The number of anilines is 1. The van der Waals surface area contributed by atoms with Gasteiger partial charge in [0, 0.05) is 50.7 Å². The predicted octanol–water partition coefficient (Wildman–Crippen LogP) is 4.99. The second-order valence-corrected chi connectivity index (χ2v) is 8.86. The summed E-state index contributed by atoms with van der Waals surface area (Å²) in [6, 6.07) is 7.30. The molecule has 0 atom stereocenters. The first-order chi connectivity index (χ1) is 11.7. The minimum absolute atomic E-state index is 0.0284. The molecule has 25 heavy (non-hydrogen) atoms. The zero-order valence-corrected chi connectivity index (χ0v) is 16.1. The van der Waals surface area contributed by atoms with Crippen LogP contribution in [0.2, 0.25) is 0 Å². The monoisotopic (exact) mass is 350 g/mol. The van der Waals surface area contributed by atoms with Crippen LogP contribution in [0.1, 0.15) is 57.6 Å². The molecule has 2 aliphatic heterocycles. The first-order valence-electron chi connectivity index (χ1n) is 9.64. The summed E-state index contributed by atoms with van der Waals surface area (Å²) in [5, 5.41) is 0. The number of nitrogens with zero attached hydrogens (tertiary/aromatic N) is 2. The smallest absolute Gasteiger partial charge is 0.250 e. The van der Waals surface area contributed by atoms with E-state index in [1.54, 1.807) is 0 Å². The lowest BCUT2D eigenvalue weighted by molar-refractivity contribution is -0.0646. The number of piperidine rings is 2. The number of halogens is 2. The molecule has 0 bridgehead atoms. The van der Waals surface area contributed by atoms with E-state index in [0.29, 0.717) is 19.1 Å². The Balaban J connectivity index is 1.59. The molecule has 140 valence electrons. The Hall–Kier alpha value is -1.16. The van der Waals surface area contributed by atoms with Crippen LogP contribution in [0.4, 0.5) is 14.5 Å². The van der Waals surface area contributed by atoms with Gasteiger partial charge in [0.25, 0.3) is 5.92 Å². The van der Waals surface area contributed by atoms with Gasteiger partial charge < -0.3 is 4.90 Å². The van der Waals surface area contributed by atoms with Crippen molar-refractivity contribution in [2.45, 2.75) is 70.8 Å². The molecule has 2 saturated heterocycles. The Morgan fingerprint density at radius 3 is 2.12 bits per heavy atom. The minimum atomic E-state index is -2.44. The van der Waals surface area contributed by atoms with E-state index in [1.165, 1.54) is 16.8 Å². The summed E-state index contributed by atoms with van der Waals surface area (Å²) < 4.78 is 26.7. The van der Waals surface area contributed by atoms with Crippen LogP contribution in [-0.2, 0) is 5.41 Å². The van der Waals surface area contributed by atoms with Crippen LogP contribution in [0, 0.1) is 6.92 Å². The average Bonchev–Trinajstić information content (AvgIpc) is 2.54. The van der Waals surface area contributed by atoms with Crippen molar-refractivity contribution in [1.82, 2.24) is 4.90 Å². The Bertz CT molecular complexity index is 588. The van der Waals surface area contributed by atoms with Crippen molar-refractivity contribution in [3.63, 3.8) is 0 Å². The van der Waals surface area contributed by atoms with E-state index in [-0.39, 0.29) is 18.3 Å². The molecule has 0 aliphatic carbocycles. The summed E-state index contributed by atoms with van der Waals surface area (Å²) in [7, 11) is 0. The van der Waals surface area contributed by atoms with Crippen LogP contribution in [0.25, 0.3) is 0 Å². The van der Waals surface area contributed by atoms with E-state index >= 15 is 0 Å². The summed E-state index contributed by atoms with van der Waals surface area (Å²) in [5.74, 6) is -2.44. The maximum atomic E-state index is 13.4. The third-order valence-electron chi connectivity index (χ3n) is 5.91. The molecular formula is C21H32F2N2. The molecule has 2 heterocycles. The van der Waals surface area contributed by atoms with Crippen LogP contribution in [0.15, 0.2) is 18.2 Å². The molecule has 2 fully saturated rings. The van der Waals surface area contributed by atoms with Gasteiger partial charge in [0.15, 0.2) is 0 Å². The first kappa shape index (κ1) is 18.6. The molecule has 2 nitrogen and oxygen atoms in total. The lowest BCUT2D eigenvalue weighted by atomic mass is 9.86. The fraction of sp³-hybridized carbons (Fsp3) is 0.714. The Morgan fingerprint density at radius 2 is 1.60 bits per heavy atom. The van der Waals surface area contributed by atoms with Crippen LogP contribution in [0.3, 0.4) is 0 Å². The minimum Gasteiger partial charge on any atom is -0.371 e. The van der Waals surface area contributed by atoms with Gasteiger partial charge >= 0.3 is 0 Å². The maximum absolute atomic E-state index is 13.4. The molecule has 0 spiro atoms. The van der Waals surface area contributed by atoms with Crippen molar-refractivity contribution >= 4 is 5.69 Å². The van der Waals surface area contributed by atoms with Crippen molar-refractivity contribution < 1.29 is 8.78 Å². The average molecular weight is 350 g/mol. The largest absolute Gasteiger partial charge is 0.371 e. The number of hydrogen-bond acceptors (Lipinski definition) is 2.